The third-order valence-corrected chi connectivity index (χ3v) is 4.79. The van der Waals surface area contributed by atoms with E-state index in [1.165, 1.54) is 0 Å². The molecule has 0 spiro atoms. The highest BCUT2D eigenvalue weighted by molar-refractivity contribution is 7.91. The molecule has 18 heavy (non-hydrogen) atoms. The van der Waals surface area contributed by atoms with Gasteiger partial charge in [0.25, 0.3) is 0 Å². The summed E-state index contributed by atoms with van der Waals surface area (Å²) in [5, 5.41) is 0.678. The first kappa shape index (κ1) is 13.3. The first-order chi connectivity index (χ1) is 8.54. The number of pyridine rings is 1. The van der Waals surface area contributed by atoms with E-state index in [1.54, 1.807) is 19.1 Å². The van der Waals surface area contributed by atoms with Crippen LogP contribution in [0.15, 0.2) is 35.2 Å². The molecule has 0 atom stereocenters. The van der Waals surface area contributed by atoms with Gasteiger partial charge in [-0.2, -0.15) is 0 Å². The average Bonchev–Trinajstić information content (AvgIpc) is 2.35. The third-order valence-electron chi connectivity index (χ3n) is 2.69. The van der Waals surface area contributed by atoms with Crippen LogP contribution in [0, 0.1) is 6.92 Å². The summed E-state index contributed by atoms with van der Waals surface area (Å²) in [4.78, 5) is 4.70. The van der Waals surface area contributed by atoms with Crippen LogP contribution < -0.4 is 0 Å². The Morgan fingerprint density at radius 3 is 2.72 bits per heavy atom. The van der Waals surface area contributed by atoms with Crippen molar-refractivity contribution in [2.24, 2.45) is 0 Å². The predicted molar refractivity (Wildman–Crippen MR) is 73.9 cm³/mol. The van der Waals surface area contributed by atoms with Crippen molar-refractivity contribution in [1.82, 2.24) is 4.98 Å². The number of aryl methyl sites for hydroxylation is 1. The van der Waals surface area contributed by atoms with E-state index in [1.807, 2.05) is 18.2 Å². The minimum atomic E-state index is -3.30. The minimum absolute atomic E-state index is 0.0734. The van der Waals surface area contributed by atoms with Crippen LogP contribution in [-0.4, -0.2) is 25.0 Å². The van der Waals surface area contributed by atoms with Gasteiger partial charge in [-0.25, -0.2) is 8.42 Å². The SMILES string of the molecule is Cc1cc(S(=O)(=O)CCCCl)c2ccccc2n1. The Bertz CT molecular complexity index is 668. The van der Waals surface area contributed by atoms with E-state index < -0.39 is 9.84 Å². The van der Waals surface area contributed by atoms with Crippen LogP contribution in [0.5, 0.6) is 0 Å². The summed E-state index contributed by atoms with van der Waals surface area (Å²) in [5.74, 6) is 0.422. The van der Waals surface area contributed by atoms with Crippen molar-refractivity contribution in [2.75, 3.05) is 11.6 Å². The lowest BCUT2D eigenvalue weighted by molar-refractivity contribution is 0.595. The molecule has 3 nitrogen and oxygen atoms in total. The molecule has 1 aromatic heterocycles. The van der Waals surface area contributed by atoms with Crippen LogP contribution in [0.25, 0.3) is 10.9 Å². The maximum absolute atomic E-state index is 12.3. The number of hydrogen-bond acceptors (Lipinski definition) is 3. The number of alkyl halides is 1. The second-order valence-electron chi connectivity index (χ2n) is 4.14. The van der Waals surface area contributed by atoms with Gasteiger partial charge in [-0.1, -0.05) is 18.2 Å². The van der Waals surface area contributed by atoms with E-state index in [2.05, 4.69) is 4.98 Å². The Morgan fingerprint density at radius 1 is 1.28 bits per heavy atom. The molecule has 0 aliphatic heterocycles. The molecule has 0 radical (unpaired) electrons. The van der Waals surface area contributed by atoms with Gasteiger partial charge in [0.1, 0.15) is 0 Å². The fourth-order valence-corrected chi connectivity index (χ4v) is 3.78. The zero-order valence-corrected chi connectivity index (χ0v) is 11.6. The van der Waals surface area contributed by atoms with Crippen LogP contribution in [0.2, 0.25) is 0 Å². The number of para-hydroxylation sites is 1. The van der Waals surface area contributed by atoms with Crippen LogP contribution in [0.3, 0.4) is 0 Å². The number of benzene rings is 1. The van der Waals surface area contributed by atoms with Crippen LogP contribution in [0.1, 0.15) is 12.1 Å². The van der Waals surface area contributed by atoms with E-state index in [0.717, 1.165) is 0 Å². The molecule has 2 aromatic rings. The highest BCUT2D eigenvalue weighted by atomic mass is 35.5. The molecule has 0 aliphatic carbocycles. The van der Waals surface area contributed by atoms with Gasteiger partial charge in [-0.15, -0.1) is 11.6 Å². The van der Waals surface area contributed by atoms with Crippen molar-refractivity contribution in [3.63, 3.8) is 0 Å². The summed E-state index contributed by atoms with van der Waals surface area (Å²) in [6.45, 7) is 1.80. The molecule has 0 aliphatic rings. The Balaban J connectivity index is 2.63. The minimum Gasteiger partial charge on any atom is -0.253 e. The number of halogens is 1. The lowest BCUT2D eigenvalue weighted by atomic mass is 10.2. The van der Waals surface area contributed by atoms with Gasteiger partial charge in [0.2, 0.25) is 0 Å². The lowest BCUT2D eigenvalue weighted by Gasteiger charge is -2.08. The normalized spacial score (nSPS) is 11.9. The Labute approximate surface area is 112 Å². The largest absolute Gasteiger partial charge is 0.253 e. The molecular formula is C13H14ClNO2S. The quantitative estimate of drug-likeness (QED) is 0.811. The van der Waals surface area contributed by atoms with Gasteiger partial charge < -0.3 is 0 Å². The highest BCUT2D eigenvalue weighted by Gasteiger charge is 2.18. The molecule has 2 rings (SSSR count). The van der Waals surface area contributed by atoms with Crippen molar-refractivity contribution in [3.05, 3.63) is 36.0 Å². The van der Waals surface area contributed by atoms with Gasteiger partial charge >= 0.3 is 0 Å². The number of aromatic nitrogens is 1. The second kappa shape index (κ2) is 5.24. The molecule has 0 saturated heterocycles. The Kier molecular flexibility index (Phi) is 3.88. The smallest absolute Gasteiger partial charge is 0.179 e. The van der Waals surface area contributed by atoms with Gasteiger partial charge in [-0.05, 0) is 25.5 Å². The third kappa shape index (κ3) is 2.65. The zero-order chi connectivity index (χ0) is 13.2. The molecule has 0 unspecified atom stereocenters. The van der Waals surface area contributed by atoms with Crippen molar-refractivity contribution < 1.29 is 8.42 Å². The van der Waals surface area contributed by atoms with Gasteiger partial charge in [0.15, 0.2) is 9.84 Å². The summed E-state index contributed by atoms with van der Waals surface area (Å²) < 4.78 is 24.5. The fourth-order valence-electron chi connectivity index (χ4n) is 1.88. The van der Waals surface area contributed by atoms with Gasteiger partial charge in [0, 0.05) is 17.0 Å². The first-order valence-corrected chi connectivity index (χ1v) is 7.88. The molecule has 0 amide bonds. The van der Waals surface area contributed by atoms with Crippen molar-refractivity contribution in [2.45, 2.75) is 18.2 Å². The van der Waals surface area contributed by atoms with Crippen molar-refractivity contribution in [3.8, 4) is 0 Å². The number of rotatable bonds is 4. The molecule has 5 heteroatoms. The van der Waals surface area contributed by atoms with Crippen LogP contribution >= 0.6 is 11.6 Å². The first-order valence-electron chi connectivity index (χ1n) is 5.70. The monoisotopic (exact) mass is 283 g/mol. The van der Waals surface area contributed by atoms with E-state index in [4.69, 9.17) is 11.6 Å². The zero-order valence-electron chi connectivity index (χ0n) is 10.1. The van der Waals surface area contributed by atoms with Crippen LogP contribution in [-0.2, 0) is 9.84 Å². The number of nitrogens with zero attached hydrogens (tertiary/aromatic N) is 1. The van der Waals surface area contributed by atoms with Crippen molar-refractivity contribution in [1.29, 1.82) is 0 Å². The number of sulfone groups is 1. The Hall–Kier alpha value is -1.13. The van der Waals surface area contributed by atoms with E-state index in [0.29, 0.717) is 33.8 Å². The highest BCUT2D eigenvalue weighted by Crippen LogP contribution is 2.24. The van der Waals surface area contributed by atoms with Crippen LogP contribution in [0.4, 0.5) is 0 Å². The van der Waals surface area contributed by atoms with E-state index >= 15 is 0 Å². The summed E-state index contributed by atoms with van der Waals surface area (Å²) in [6.07, 6.45) is 0.458. The van der Waals surface area contributed by atoms with Crippen molar-refractivity contribution >= 4 is 32.3 Å². The molecule has 1 heterocycles. The lowest BCUT2D eigenvalue weighted by Crippen LogP contribution is -2.09. The molecular weight excluding hydrogens is 270 g/mol. The maximum atomic E-state index is 12.3. The summed E-state index contributed by atoms with van der Waals surface area (Å²) in [6, 6.07) is 8.91. The molecule has 0 bridgehead atoms. The Morgan fingerprint density at radius 2 is 2.00 bits per heavy atom. The van der Waals surface area contributed by atoms with Gasteiger partial charge in [-0.3, -0.25) is 4.98 Å². The molecule has 0 saturated carbocycles. The summed E-state index contributed by atoms with van der Waals surface area (Å²) >= 11 is 5.57. The maximum Gasteiger partial charge on any atom is 0.179 e. The number of hydrogen-bond donors (Lipinski definition) is 0. The molecule has 0 N–H and O–H groups in total. The summed E-state index contributed by atoms with van der Waals surface area (Å²) in [5.41, 5.74) is 1.42. The van der Waals surface area contributed by atoms with E-state index in [-0.39, 0.29) is 5.75 Å². The standard InChI is InChI=1S/C13H14ClNO2S/c1-10-9-13(18(16,17)8-4-7-14)11-5-2-3-6-12(11)15-10/h2-3,5-6,9H,4,7-8H2,1H3. The predicted octanol–water partition coefficient (Wildman–Crippen LogP) is 2.95. The second-order valence-corrected chi connectivity index (χ2v) is 6.60. The molecule has 0 fully saturated rings. The molecule has 1 aromatic carbocycles. The van der Waals surface area contributed by atoms with E-state index in [9.17, 15) is 8.42 Å². The van der Waals surface area contributed by atoms with Gasteiger partial charge in [0.05, 0.1) is 16.2 Å². The fraction of sp³-hybridized carbons (Fsp3) is 0.308. The average molecular weight is 284 g/mol. The number of fused-ring (bicyclic) bond motifs is 1. The topological polar surface area (TPSA) is 47.0 Å². The molecule has 96 valence electrons. The summed E-state index contributed by atoms with van der Waals surface area (Å²) in [7, 11) is -3.30.